The highest BCUT2D eigenvalue weighted by Gasteiger charge is 2.17. The van der Waals surface area contributed by atoms with E-state index in [1.54, 1.807) is 26.1 Å². The second kappa shape index (κ2) is 7.68. The van der Waals surface area contributed by atoms with E-state index in [2.05, 4.69) is 11.8 Å². The van der Waals surface area contributed by atoms with Crippen molar-refractivity contribution < 1.29 is 15.0 Å². The van der Waals surface area contributed by atoms with E-state index in [-0.39, 0.29) is 25.2 Å². The third kappa shape index (κ3) is 4.09. The molecule has 1 aromatic rings. The van der Waals surface area contributed by atoms with E-state index >= 15 is 0 Å². The molecule has 0 bridgehead atoms. The van der Waals surface area contributed by atoms with Crippen LogP contribution in [0.15, 0.2) is 18.2 Å². The minimum absolute atomic E-state index is 0.0481. The van der Waals surface area contributed by atoms with Crippen molar-refractivity contribution in [1.29, 1.82) is 0 Å². The van der Waals surface area contributed by atoms with Crippen molar-refractivity contribution in [1.82, 2.24) is 4.90 Å². The number of carbonyl (C=O) groups is 1. The molecule has 0 aliphatic heterocycles. The van der Waals surface area contributed by atoms with E-state index in [0.717, 1.165) is 11.1 Å². The van der Waals surface area contributed by atoms with Gasteiger partial charge in [0.2, 0.25) is 0 Å². The van der Waals surface area contributed by atoms with Gasteiger partial charge in [-0.05, 0) is 37.6 Å². The van der Waals surface area contributed by atoms with Crippen LogP contribution in [0.1, 0.15) is 34.8 Å². The topological polar surface area (TPSA) is 60.8 Å². The van der Waals surface area contributed by atoms with Gasteiger partial charge in [-0.25, -0.2) is 0 Å². The molecule has 20 heavy (non-hydrogen) atoms. The van der Waals surface area contributed by atoms with Gasteiger partial charge in [0, 0.05) is 24.6 Å². The van der Waals surface area contributed by atoms with E-state index < -0.39 is 0 Å². The Balaban J connectivity index is 2.93. The minimum Gasteiger partial charge on any atom is -0.395 e. The van der Waals surface area contributed by atoms with Gasteiger partial charge in [0.25, 0.3) is 5.91 Å². The monoisotopic (exact) mass is 275 g/mol. The van der Waals surface area contributed by atoms with Gasteiger partial charge in [0.1, 0.15) is 0 Å². The summed E-state index contributed by atoms with van der Waals surface area (Å²) in [6, 6.07) is 5.13. The third-order valence-electron chi connectivity index (χ3n) is 3.18. The van der Waals surface area contributed by atoms with Gasteiger partial charge >= 0.3 is 0 Å². The Morgan fingerprint density at radius 3 is 2.65 bits per heavy atom. The lowest BCUT2D eigenvalue weighted by Crippen LogP contribution is -2.37. The SMILES string of the molecule is Cc1cc(C(=O)N(C)C(C)CO)ccc1C#CCCO. The third-order valence-corrected chi connectivity index (χ3v) is 3.18. The van der Waals surface area contributed by atoms with Crippen LogP contribution in [-0.2, 0) is 0 Å². The molecule has 0 fully saturated rings. The molecular weight excluding hydrogens is 254 g/mol. The second-order valence-electron chi connectivity index (χ2n) is 4.75. The van der Waals surface area contributed by atoms with E-state index in [4.69, 9.17) is 10.2 Å². The second-order valence-corrected chi connectivity index (χ2v) is 4.75. The smallest absolute Gasteiger partial charge is 0.253 e. The van der Waals surface area contributed by atoms with Gasteiger partial charge in [-0.2, -0.15) is 0 Å². The maximum Gasteiger partial charge on any atom is 0.253 e. The van der Waals surface area contributed by atoms with Crippen molar-refractivity contribution in [3.05, 3.63) is 34.9 Å². The summed E-state index contributed by atoms with van der Waals surface area (Å²) in [6.45, 7) is 3.67. The Bertz CT molecular complexity index is 528. The van der Waals surface area contributed by atoms with Crippen molar-refractivity contribution >= 4 is 5.91 Å². The van der Waals surface area contributed by atoms with Crippen molar-refractivity contribution in [3.63, 3.8) is 0 Å². The molecule has 1 unspecified atom stereocenters. The van der Waals surface area contributed by atoms with E-state index in [1.165, 1.54) is 4.90 Å². The van der Waals surface area contributed by atoms with Gasteiger partial charge in [-0.3, -0.25) is 4.79 Å². The Hall–Kier alpha value is -1.83. The first-order valence-corrected chi connectivity index (χ1v) is 6.59. The molecule has 0 spiro atoms. The molecule has 1 aromatic carbocycles. The van der Waals surface area contributed by atoms with Crippen LogP contribution in [-0.4, -0.2) is 47.3 Å². The average molecular weight is 275 g/mol. The number of aliphatic hydroxyl groups excluding tert-OH is 2. The lowest BCUT2D eigenvalue weighted by molar-refractivity contribution is 0.0682. The summed E-state index contributed by atoms with van der Waals surface area (Å²) in [4.78, 5) is 13.7. The molecule has 4 nitrogen and oxygen atoms in total. The van der Waals surface area contributed by atoms with Crippen LogP contribution in [0.3, 0.4) is 0 Å². The number of aliphatic hydroxyl groups is 2. The molecule has 0 heterocycles. The van der Waals surface area contributed by atoms with Crippen LogP contribution in [0.5, 0.6) is 0 Å². The standard InChI is InChI=1S/C16H21NO3/c1-12-10-15(16(20)17(3)13(2)11-19)8-7-14(12)6-4-5-9-18/h7-8,10,13,18-19H,5,9,11H2,1-3H3. The number of likely N-dealkylation sites (N-methyl/N-ethyl adjacent to an activating group) is 1. The molecule has 0 saturated heterocycles. The summed E-state index contributed by atoms with van der Waals surface area (Å²) in [7, 11) is 1.67. The number of carbonyl (C=O) groups excluding carboxylic acids is 1. The van der Waals surface area contributed by atoms with Gasteiger partial charge in [0.15, 0.2) is 0 Å². The largest absolute Gasteiger partial charge is 0.395 e. The highest BCUT2D eigenvalue weighted by atomic mass is 16.3. The molecule has 1 atom stereocenters. The quantitative estimate of drug-likeness (QED) is 0.811. The zero-order valence-electron chi connectivity index (χ0n) is 12.2. The number of hydrogen-bond acceptors (Lipinski definition) is 3. The number of aryl methyl sites for hydroxylation is 1. The number of amides is 1. The van der Waals surface area contributed by atoms with Crippen LogP contribution in [0.4, 0.5) is 0 Å². The molecule has 4 heteroatoms. The predicted octanol–water partition coefficient (Wildman–Crippen LogP) is 1.18. The van der Waals surface area contributed by atoms with Crippen molar-refractivity contribution in [3.8, 4) is 11.8 Å². The summed E-state index contributed by atoms with van der Waals surface area (Å²) in [6.07, 6.45) is 0.441. The van der Waals surface area contributed by atoms with Crippen LogP contribution in [0.2, 0.25) is 0 Å². The number of rotatable bonds is 4. The fourth-order valence-corrected chi connectivity index (χ4v) is 1.68. The molecule has 108 valence electrons. The van der Waals surface area contributed by atoms with Crippen molar-refractivity contribution in [2.45, 2.75) is 26.3 Å². The molecule has 0 aliphatic carbocycles. The van der Waals surface area contributed by atoms with Gasteiger partial charge < -0.3 is 15.1 Å². The van der Waals surface area contributed by atoms with Crippen LogP contribution in [0, 0.1) is 18.8 Å². The number of hydrogen-bond donors (Lipinski definition) is 2. The lowest BCUT2D eigenvalue weighted by atomic mass is 10.0. The Kier molecular flexibility index (Phi) is 6.23. The van der Waals surface area contributed by atoms with Gasteiger partial charge in [0.05, 0.1) is 19.3 Å². The Labute approximate surface area is 120 Å². The van der Waals surface area contributed by atoms with Crippen LogP contribution >= 0.6 is 0 Å². The summed E-state index contributed by atoms with van der Waals surface area (Å²) in [5, 5.41) is 17.8. The highest BCUT2D eigenvalue weighted by molar-refractivity contribution is 5.94. The van der Waals surface area contributed by atoms with Crippen LogP contribution < -0.4 is 0 Å². The number of nitrogens with zero attached hydrogens (tertiary/aromatic N) is 1. The predicted molar refractivity (Wildman–Crippen MR) is 78.4 cm³/mol. The zero-order chi connectivity index (χ0) is 15.1. The summed E-state index contributed by atoms with van der Waals surface area (Å²) >= 11 is 0. The first-order chi connectivity index (χ1) is 9.51. The van der Waals surface area contributed by atoms with E-state index in [1.807, 2.05) is 13.0 Å². The summed E-state index contributed by atoms with van der Waals surface area (Å²) in [5.41, 5.74) is 2.36. The van der Waals surface area contributed by atoms with Crippen molar-refractivity contribution in [2.24, 2.45) is 0 Å². The molecule has 0 aliphatic rings. The average Bonchev–Trinajstić information content (AvgIpc) is 2.46. The molecule has 0 saturated carbocycles. The zero-order valence-corrected chi connectivity index (χ0v) is 12.2. The molecule has 1 rings (SSSR count). The highest BCUT2D eigenvalue weighted by Crippen LogP contribution is 2.13. The molecule has 2 N–H and O–H groups in total. The summed E-state index contributed by atoms with van der Waals surface area (Å²) < 4.78 is 0. The van der Waals surface area contributed by atoms with Crippen LogP contribution in [0.25, 0.3) is 0 Å². The maximum absolute atomic E-state index is 12.2. The Morgan fingerprint density at radius 1 is 1.40 bits per heavy atom. The molecule has 1 amide bonds. The number of benzene rings is 1. The minimum atomic E-state index is -0.216. The van der Waals surface area contributed by atoms with E-state index in [0.29, 0.717) is 12.0 Å². The van der Waals surface area contributed by atoms with E-state index in [9.17, 15) is 4.79 Å². The lowest BCUT2D eigenvalue weighted by Gasteiger charge is -2.23. The molecule has 0 radical (unpaired) electrons. The van der Waals surface area contributed by atoms with Gasteiger partial charge in [-0.1, -0.05) is 11.8 Å². The maximum atomic E-state index is 12.2. The Morgan fingerprint density at radius 2 is 2.10 bits per heavy atom. The van der Waals surface area contributed by atoms with Gasteiger partial charge in [-0.15, -0.1) is 0 Å². The first kappa shape index (κ1) is 16.2. The summed E-state index contributed by atoms with van der Waals surface area (Å²) in [5.74, 6) is 5.71. The fourth-order valence-electron chi connectivity index (χ4n) is 1.68. The molecular formula is C16H21NO3. The normalized spacial score (nSPS) is 11.4. The first-order valence-electron chi connectivity index (χ1n) is 6.59. The molecule has 0 aromatic heterocycles. The fraction of sp³-hybridized carbons (Fsp3) is 0.438. The van der Waals surface area contributed by atoms with Crippen molar-refractivity contribution in [2.75, 3.05) is 20.3 Å².